The molecule has 0 radical (unpaired) electrons. The number of nitrogens with one attached hydrogen (secondary N) is 3. The molecular formula is C29H30ClN3O6S. The number of unbranched alkanes of at least 4 members (excludes halogenated alkanes) is 2. The van der Waals surface area contributed by atoms with Crippen molar-refractivity contribution in [3.8, 4) is 5.75 Å². The minimum atomic E-state index is -0.339. The maximum Gasteiger partial charge on any atom is 0.287 e. The third kappa shape index (κ3) is 8.32. The van der Waals surface area contributed by atoms with E-state index in [1.807, 2.05) is 24.3 Å². The van der Waals surface area contributed by atoms with E-state index in [4.69, 9.17) is 25.5 Å². The van der Waals surface area contributed by atoms with E-state index < -0.39 is 0 Å². The van der Waals surface area contributed by atoms with Crippen molar-refractivity contribution in [2.24, 2.45) is 0 Å². The molecule has 0 bridgehead atoms. The maximum atomic E-state index is 12.8. The molecule has 2 heterocycles. The van der Waals surface area contributed by atoms with Crippen molar-refractivity contribution in [3.05, 3.63) is 76.3 Å². The lowest BCUT2D eigenvalue weighted by Crippen LogP contribution is -2.23. The van der Waals surface area contributed by atoms with Crippen LogP contribution in [0.15, 0.2) is 65.1 Å². The van der Waals surface area contributed by atoms with Crippen LogP contribution < -0.4 is 20.7 Å². The highest BCUT2D eigenvalue weighted by Crippen LogP contribution is 2.30. The zero-order valence-electron chi connectivity index (χ0n) is 22.0. The van der Waals surface area contributed by atoms with Crippen LogP contribution in [0.4, 0.5) is 10.7 Å². The zero-order valence-corrected chi connectivity index (χ0v) is 23.5. The molecule has 0 saturated carbocycles. The number of para-hydroxylation sites is 1. The van der Waals surface area contributed by atoms with Crippen LogP contribution in [0.2, 0.25) is 5.02 Å². The minimum absolute atomic E-state index is 0.135. The van der Waals surface area contributed by atoms with Crippen LogP contribution in [0, 0.1) is 0 Å². The summed E-state index contributed by atoms with van der Waals surface area (Å²) in [5, 5.41) is 10.4. The molecule has 0 aliphatic rings. The molecule has 210 valence electrons. The normalized spacial score (nSPS) is 10.8. The largest absolute Gasteiger partial charge is 0.489 e. The molecule has 0 aliphatic heterocycles. The number of halogens is 1. The van der Waals surface area contributed by atoms with Gasteiger partial charge in [-0.2, -0.15) is 0 Å². The van der Waals surface area contributed by atoms with Crippen molar-refractivity contribution >= 4 is 62.3 Å². The molecule has 4 rings (SSSR count). The van der Waals surface area contributed by atoms with Crippen molar-refractivity contribution in [2.75, 3.05) is 37.5 Å². The summed E-state index contributed by atoms with van der Waals surface area (Å²) in [5.74, 6) is 0.0384. The van der Waals surface area contributed by atoms with Gasteiger partial charge in [0.2, 0.25) is 5.91 Å². The van der Waals surface area contributed by atoms with Gasteiger partial charge in [0.25, 0.3) is 11.8 Å². The Hall–Kier alpha value is -3.86. The molecule has 0 spiro atoms. The first-order valence-corrected chi connectivity index (χ1v) is 14.0. The third-order valence-corrected chi connectivity index (χ3v) is 7.08. The average Bonchev–Trinajstić information content (AvgIpc) is 3.59. The third-order valence-electron chi connectivity index (χ3n) is 5.84. The molecule has 2 aromatic carbocycles. The van der Waals surface area contributed by atoms with Gasteiger partial charge >= 0.3 is 0 Å². The van der Waals surface area contributed by atoms with Crippen molar-refractivity contribution in [1.82, 2.24) is 5.32 Å². The predicted molar refractivity (Wildman–Crippen MR) is 157 cm³/mol. The van der Waals surface area contributed by atoms with E-state index in [1.165, 1.54) is 11.3 Å². The van der Waals surface area contributed by atoms with Crippen molar-refractivity contribution in [2.45, 2.75) is 25.7 Å². The summed E-state index contributed by atoms with van der Waals surface area (Å²) in [6, 6.07) is 17.5. The number of rotatable bonds is 14. The number of hydrogen-bond donors (Lipinski definition) is 3. The number of benzene rings is 2. The molecule has 0 fully saturated rings. The topological polar surface area (TPSA) is 119 Å². The summed E-state index contributed by atoms with van der Waals surface area (Å²) in [6.45, 7) is 1.23. The molecule has 9 nitrogen and oxygen atoms in total. The average molecular weight is 584 g/mol. The smallest absolute Gasteiger partial charge is 0.287 e. The number of anilines is 2. The molecule has 0 aliphatic carbocycles. The molecular weight excluding hydrogens is 554 g/mol. The van der Waals surface area contributed by atoms with Gasteiger partial charge in [-0.05, 0) is 55.3 Å². The second-order valence-electron chi connectivity index (χ2n) is 8.86. The van der Waals surface area contributed by atoms with E-state index in [9.17, 15) is 14.4 Å². The van der Waals surface area contributed by atoms with Gasteiger partial charge in [0.05, 0.1) is 22.2 Å². The van der Waals surface area contributed by atoms with E-state index in [2.05, 4.69) is 16.0 Å². The highest BCUT2D eigenvalue weighted by molar-refractivity contribution is 7.18. The zero-order chi connectivity index (χ0) is 28.3. The Kier molecular flexibility index (Phi) is 10.6. The van der Waals surface area contributed by atoms with Crippen LogP contribution in [0.1, 0.15) is 45.9 Å². The molecule has 3 amide bonds. The highest BCUT2D eigenvalue weighted by atomic mass is 35.5. The van der Waals surface area contributed by atoms with Gasteiger partial charge in [0.15, 0.2) is 5.76 Å². The van der Waals surface area contributed by atoms with E-state index in [-0.39, 0.29) is 23.5 Å². The van der Waals surface area contributed by atoms with Crippen LogP contribution in [-0.4, -0.2) is 44.6 Å². The number of hydrogen-bond acceptors (Lipinski definition) is 7. The van der Waals surface area contributed by atoms with Crippen molar-refractivity contribution in [3.63, 3.8) is 0 Å². The monoisotopic (exact) mass is 583 g/mol. The summed E-state index contributed by atoms with van der Waals surface area (Å²) < 4.78 is 16.2. The fourth-order valence-corrected chi connectivity index (χ4v) is 4.83. The first-order chi connectivity index (χ1) is 19.4. The van der Waals surface area contributed by atoms with E-state index in [0.717, 1.165) is 18.2 Å². The van der Waals surface area contributed by atoms with Gasteiger partial charge in [-0.15, -0.1) is 11.3 Å². The van der Waals surface area contributed by atoms with Crippen LogP contribution >= 0.6 is 22.9 Å². The molecule has 0 saturated heterocycles. The van der Waals surface area contributed by atoms with Crippen LogP contribution in [0.5, 0.6) is 5.75 Å². The van der Waals surface area contributed by atoms with Crippen molar-refractivity contribution in [1.29, 1.82) is 0 Å². The van der Waals surface area contributed by atoms with Gasteiger partial charge in [0.1, 0.15) is 17.9 Å². The summed E-state index contributed by atoms with van der Waals surface area (Å²) in [7, 11) is 1.58. The van der Waals surface area contributed by atoms with Gasteiger partial charge in [0, 0.05) is 30.5 Å². The lowest BCUT2D eigenvalue weighted by atomic mass is 10.2. The first kappa shape index (κ1) is 29.1. The first-order valence-electron chi connectivity index (χ1n) is 12.8. The van der Waals surface area contributed by atoms with Crippen molar-refractivity contribution < 1.29 is 28.3 Å². The fraction of sp³-hybridized carbons (Fsp3) is 0.276. The van der Waals surface area contributed by atoms with E-state index in [0.29, 0.717) is 64.5 Å². The number of ether oxygens (including phenoxy) is 2. The molecule has 2 aromatic heterocycles. The summed E-state index contributed by atoms with van der Waals surface area (Å²) in [5.41, 5.74) is 1.12. The SMILES string of the molecule is COCCOc1ccc(Cl)cc1NC(=O)c1ccc(NC(=O)CCCCCNC(=O)c2cc3ccccc3o2)s1. The van der Waals surface area contributed by atoms with Gasteiger partial charge in [-0.3, -0.25) is 14.4 Å². The lowest BCUT2D eigenvalue weighted by molar-refractivity contribution is -0.116. The van der Waals surface area contributed by atoms with Crippen LogP contribution in [-0.2, 0) is 9.53 Å². The number of thiophene rings is 1. The summed E-state index contributed by atoms with van der Waals surface area (Å²) >= 11 is 7.27. The number of amides is 3. The minimum Gasteiger partial charge on any atom is -0.489 e. The Morgan fingerprint density at radius 2 is 1.77 bits per heavy atom. The quantitative estimate of drug-likeness (QED) is 0.149. The highest BCUT2D eigenvalue weighted by Gasteiger charge is 2.15. The van der Waals surface area contributed by atoms with Crippen LogP contribution in [0.3, 0.4) is 0 Å². The second-order valence-corrected chi connectivity index (χ2v) is 10.4. The Labute approximate surface area is 240 Å². The Morgan fingerprint density at radius 3 is 2.60 bits per heavy atom. The molecule has 0 atom stereocenters. The number of furan rings is 1. The molecule has 40 heavy (non-hydrogen) atoms. The second kappa shape index (κ2) is 14.5. The molecule has 3 N–H and O–H groups in total. The van der Waals surface area contributed by atoms with Gasteiger partial charge in [-0.1, -0.05) is 36.2 Å². The standard InChI is InChI=1S/C29H30ClN3O6S/c1-37-15-16-38-23-11-10-20(30)18-21(23)32-29(36)25-12-13-27(40-25)33-26(34)9-3-2-6-14-31-28(35)24-17-19-7-4-5-8-22(19)39-24/h4-5,7-8,10-13,17-18H,2-3,6,9,14-16H2,1H3,(H,31,35)(H,32,36)(H,33,34). The molecule has 0 unspecified atom stereocenters. The maximum absolute atomic E-state index is 12.8. The summed E-state index contributed by atoms with van der Waals surface area (Å²) in [6.07, 6.45) is 2.52. The number of carbonyl (C=O) groups excluding carboxylic acids is 3. The lowest BCUT2D eigenvalue weighted by Gasteiger charge is -2.12. The molecule has 11 heteroatoms. The van der Waals surface area contributed by atoms with E-state index >= 15 is 0 Å². The number of fused-ring (bicyclic) bond motifs is 1. The summed E-state index contributed by atoms with van der Waals surface area (Å²) in [4.78, 5) is 37.9. The number of carbonyl (C=O) groups is 3. The van der Waals surface area contributed by atoms with Crippen LogP contribution in [0.25, 0.3) is 11.0 Å². The Morgan fingerprint density at radius 1 is 0.925 bits per heavy atom. The predicted octanol–water partition coefficient (Wildman–Crippen LogP) is 6.35. The van der Waals surface area contributed by atoms with E-state index in [1.54, 1.807) is 43.5 Å². The fourth-order valence-electron chi connectivity index (χ4n) is 3.84. The number of methoxy groups -OCH3 is 1. The Bertz CT molecular complexity index is 1430. The Balaban J connectivity index is 1.16. The molecule has 4 aromatic rings. The van der Waals surface area contributed by atoms with Gasteiger partial charge < -0.3 is 29.8 Å². The van der Waals surface area contributed by atoms with Gasteiger partial charge in [-0.25, -0.2) is 0 Å².